The summed E-state index contributed by atoms with van der Waals surface area (Å²) in [6, 6.07) is 12.6. The number of nitrogens with zero attached hydrogens (tertiary/aromatic N) is 1. The predicted octanol–water partition coefficient (Wildman–Crippen LogP) is 2.69. The molecule has 2 heterocycles. The van der Waals surface area contributed by atoms with Crippen LogP contribution in [0.1, 0.15) is 34.6 Å². The lowest BCUT2D eigenvalue weighted by Gasteiger charge is -2.05. The fraction of sp³-hybridized carbons (Fsp3) is 0.208. The van der Waals surface area contributed by atoms with Crippen LogP contribution in [0.4, 0.5) is 0 Å². The third-order valence-electron chi connectivity index (χ3n) is 4.41. The summed E-state index contributed by atoms with van der Waals surface area (Å²) in [6.07, 6.45) is 7.94. The number of hydrogen-bond donors (Lipinski definition) is 0. The Morgan fingerprint density at radius 2 is 1.84 bits per heavy atom. The van der Waals surface area contributed by atoms with Gasteiger partial charge in [-0.2, -0.15) is 4.57 Å². The summed E-state index contributed by atoms with van der Waals surface area (Å²) in [4.78, 5) is 26.4. The van der Waals surface area contributed by atoms with Crippen molar-refractivity contribution < 1.29 is 42.9 Å². The van der Waals surface area contributed by atoms with Crippen LogP contribution in [0.3, 0.4) is 0 Å². The molecule has 0 bridgehead atoms. The monoisotopic (exact) mass is 599 g/mol. The van der Waals surface area contributed by atoms with Gasteiger partial charge in [-0.1, -0.05) is 29.8 Å². The number of thioether (sulfide) groups is 1. The van der Waals surface area contributed by atoms with Gasteiger partial charge in [0.15, 0.2) is 12.4 Å². The molecule has 0 fully saturated rings. The summed E-state index contributed by atoms with van der Waals surface area (Å²) >= 11 is 9.05. The predicted molar refractivity (Wildman–Crippen MR) is 127 cm³/mol. The highest BCUT2D eigenvalue weighted by Crippen LogP contribution is 2.38. The van der Waals surface area contributed by atoms with E-state index >= 15 is 0 Å². The number of hydrogen-bond acceptors (Lipinski definition) is 5. The maximum absolute atomic E-state index is 13.4. The first kappa shape index (κ1) is 26.6. The van der Waals surface area contributed by atoms with E-state index in [0.717, 1.165) is 15.6 Å². The molecule has 32 heavy (non-hydrogen) atoms. The molecule has 0 saturated heterocycles. The lowest BCUT2D eigenvalue weighted by Crippen LogP contribution is -3.00. The third-order valence-corrected chi connectivity index (χ3v) is 7.09. The van der Waals surface area contributed by atoms with E-state index in [2.05, 4.69) is 6.08 Å². The van der Waals surface area contributed by atoms with Crippen LogP contribution in [0.15, 0.2) is 71.2 Å². The van der Waals surface area contributed by atoms with Crippen molar-refractivity contribution in [3.63, 3.8) is 0 Å². The van der Waals surface area contributed by atoms with Gasteiger partial charge in [0.1, 0.15) is 4.21 Å². The molecule has 0 unspecified atom stereocenters. The lowest BCUT2D eigenvalue weighted by atomic mass is 10.0. The van der Waals surface area contributed by atoms with Gasteiger partial charge in [-0.05, 0) is 38.1 Å². The van der Waals surface area contributed by atoms with E-state index in [1.807, 2.05) is 48.2 Å². The van der Waals surface area contributed by atoms with Crippen molar-refractivity contribution in [3.8, 4) is 5.69 Å². The van der Waals surface area contributed by atoms with Crippen LogP contribution < -0.4 is 28.5 Å². The van der Waals surface area contributed by atoms with Crippen molar-refractivity contribution in [2.45, 2.75) is 24.5 Å². The number of esters is 1. The highest BCUT2D eigenvalue weighted by atomic mass is 127. The Hall–Kier alpha value is -1.68. The SMILES string of the molecule is C/C=C/CSc1sc(C(=O)c2ccc(Cl)cc2)c(CC(=O)OCC)c1-[n+]1ccccc1.[I-]. The lowest BCUT2D eigenvalue weighted by molar-refractivity contribution is -0.598. The van der Waals surface area contributed by atoms with E-state index < -0.39 is 0 Å². The van der Waals surface area contributed by atoms with Crippen LogP contribution in [-0.4, -0.2) is 24.1 Å². The number of rotatable bonds is 9. The van der Waals surface area contributed by atoms with Gasteiger partial charge >= 0.3 is 5.97 Å². The molecule has 0 saturated carbocycles. The number of benzene rings is 1. The largest absolute Gasteiger partial charge is 1.00 e. The quantitative estimate of drug-likeness (QED) is 0.0948. The van der Waals surface area contributed by atoms with Crippen molar-refractivity contribution >= 4 is 46.5 Å². The van der Waals surface area contributed by atoms with Crippen molar-refractivity contribution in [3.05, 3.63) is 88.0 Å². The average Bonchev–Trinajstić information content (AvgIpc) is 3.12. The molecular weight excluding hydrogens is 577 g/mol. The second kappa shape index (κ2) is 13.1. The zero-order valence-electron chi connectivity index (χ0n) is 17.7. The first-order valence-electron chi connectivity index (χ1n) is 9.87. The molecule has 0 spiro atoms. The van der Waals surface area contributed by atoms with E-state index in [1.54, 1.807) is 43.0 Å². The molecule has 3 rings (SSSR count). The Bertz CT molecular complexity index is 1080. The van der Waals surface area contributed by atoms with Crippen LogP contribution in [0, 0.1) is 0 Å². The molecule has 0 atom stereocenters. The number of pyridine rings is 1. The minimum absolute atomic E-state index is 0. The Kier molecular flexibility index (Phi) is 10.9. The topological polar surface area (TPSA) is 47.3 Å². The molecule has 1 aromatic carbocycles. The summed E-state index contributed by atoms with van der Waals surface area (Å²) in [7, 11) is 0. The van der Waals surface area contributed by atoms with E-state index in [-0.39, 0.29) is 42.2 Å². The molecule has 0 aliphatic heterocycles. The molecule has 168 valence electrons. The van der Waals surface area contributed by atoms with Crippen molar-refractivity contribution in [1.29, 1.82) is 0 Å². The van der Waals surface area contributed by atoms with Gasteiger partial charge in [0.25, 0.3) is 0 Å². The molecule has 2 aromatic heterocycles. The van der Waals surface area contributed by atoms with Gasteiger partial charge in [-0.15, -0.1) is 23.1 Å². The molecule has 0 N–H and O–H groups in total. The van der Waals surface area contributed by atoms with Gasteiger partial charge < -0.3 is 28.7 Å². The minimum atomic E-state index is -0.353. The number of ether oxygens (including phenoxy) is 1. The molecule has 8 heteroatoms. The number of allylic oxidation sites excluding steroid dienone is 1. The Morgan fingerprint density at radius 1 is 1.16 bits per heavy atom. The van der Waals surface area contributed by atoms with Crippen molar-refractivity contribution in [2.75, 3.05) is 12.4 Å². The highest BCUT2D eigenvalue weighted by molar-refractivity contribution is 8.01. The maximum atomic E-state index is 13.4. The van der Waals surface area contributed by atoms with E-state index in [0.29, 0.717) is 27.6 Å². The average molecular weight is 600 g/mol. The second-order valence-corrected chi connectivity index (χ2v) is 9.27. The van der Waals surface area contributed by atoms with E-state index in [1.165, 1.54) is 11.3 Å². The summed E-state index contributed by atoms with van der Waals surface area (Å²) < 4.78 is 8.15. The van der Waals surface area contributed by atoms with Gasteiger partial charge in [0, 0.05) is 28.5 Å². The second-order valence-electron chi connectivity index (χ2n) is 6.53. The number of thiophene rings is 1. The first-order valence-corrected chi connectivity index (χ1v) is 12.0. The zero-order chi connectivity index (χ0) is 22.2. The van der Waals surface area contributed by atoms with Gasteiger partial charge in [-0.25, -0.2) is 0 Å². The molecule has 3 aromatic rings. The third kappa shape index (κ3) is 6.66. The fourth-order valence-electron chi connectivity index (χ4n) is 3.00. The van der Waals surface area contributed by atoms with Gasteiger partial charge in [-0.3, -0.25) is 9.59 Å². The molecule has 0 amide bonds. The van der Waals surface area contributed by atoms with E-state index in [9.17, 15) is 9.59 Å². The van der Waals surface area contributed by atoms with Crippen LogP contribution >= 0.6 is 34.7 Å². The van der Waals surface area contributed by atoms with Gasteiger partial charge in [0.05, 0.1) is 23.5 Å². The Morgan fingerprint density at radius 3 is 2.47 bits per heavy atom. The first-order chi connectivity index (χ1) is 15.0. The van der Waals surface area contributed by atoms with Crippen LogP contribution in [0.25, 0.3) is 5.69 Å². The maximum Gasteiger partial charge on any atom is 0.310 e. The number of halogens is 2. The summed E-state index contributed by atoms with van der Waals surface area (Å²) in [5.41, 5.74) is 2.07. The number of carbonyl (C=O) groups excluding carboxylic acids is 2. The highest BCUT2D eigenvalue weighted by Gasteiger charge is 2.31. The zero-order valence-corrected chi connectivity index (χ0v) is 22.3. The minimum Gasteiger partial charge on any atom is -1.00 e. The number of carbonyl (C=O) groups is 2. The van der Waals surface area contributed by atoms with Crippen molar-refractivity contribution in [2.24, 2.45) is 0 Å². The summed E-state index contributed by atoms with van der Waals surface area (Å²) in [6.45, 7) is 4.04. The molecule has 0 radical (unpaired) electrons. The summed E-state index contributed by atoms with van der Waals surface area (Å²) in [5.74, 6) is 0.287. The summed E-state index contributed by atoms with van der Waals surface area (Å²) in [5, 5.41) is 0.567. The van der Waals surface area contributed by atoms with Crippen LogP contribution in [-0.2, 0) is 16.0 Å². The normalized spacial score (nSPS) is 10.7. The van der Waals surface area contributed by atoms with E-state index in [4.69, 9.17) is 16.3 Å². The number of aromatic nitrogens is 1. The smallest absolute Gasteiger partial charge is 0.310 e. The molecule has 4 nitrogen and oxygen atoms in total. The Balaban J connectivity index is 0.00000363. The molecule has 0 aliphatic rings. The molecule has 0 aliphatic carbocycles. The van der Waals surface area contributed by atoms with Crippen molar-refractivity contribution in [1.82, 2.24) is 0 Å². The number of ketones is 1. The van der Waals surface area contributed by atoms with Gasteiger partial charge in [0.2, 0.25) is 11.5 Å². The van der Waals surface area contributed by atoms with Crippen LogP contribution in [0.2, 0.25) is 5.02 Å². The van der Waals surface area contributed by atoms with Crippen LogP contribution in [0.5, 0.6) is 0 Å². The standard InChI is InChI=1S/C24H23ClNO3S2.HI/c1-3-5-15-30-24-21(26-13-7-6-8-14-26)19(16-20(27)29-4-2)23(31-24)22(28)17-9-11-18(25)12-10-17;/h3,5-14H,4,15-16H2,1-2H3;1H/q+1;/p-1/b5-3+;. The fourth-order valence-corrected chi connectivity index (χ4v) is 5.63. The molecular formula is C24H23ClINO3S2. The Labute approximate surface area is 218 Å².